The molecule has 1 aromatic heterocycles. The first-order valence-corrected chi connectivity index (χ1v) is 7.98. The number of nitrogens with one attached hydrogen (secondary N) is 1. The van der Waals surface area contributed by atoms with E-state index in [0.29, 0.717) is 28.3 Å². The van der Waals surface area contributed by atoms with Gasteiger partial charge in [0.1, 0.15) is 5.82 Å². The van der Waals surface area contributed by atoms with Gasteiger partial charge < -0.3 is 11.1 Å². The zero-order valence-corrected chi connectivity index (χ0v) is 13.0. The smallest absolute Gasteiger partial charge is 0.262 e. The highest BCUT2D eigenvalue weighted by molar-refractivity contribution is 7.21. The van der Waals surface area contributed by atoms with Crippen molar-refractivity contribution in [1.82, 2.24) is 5.32 Å². The van der Waals surface area contributed by atoms with E-state index in [0.717, 1.165) is 17.5 Å². The number of fused-ring (bicyclic) bond motifs is 1. The van der Waals surface area contributed by atoms with Crippen LogP contribution in [0.25, 0.3) is 10.1 Å². The number of rotatable bonds is 4. The van der Waals surface area contributed by atoms with Gasteiger partial charge in [-0.1, -0.05) is 6.07 Å². The van der Waals surface area contributed by atoms with Gasteiger partial charge in [0, 0.05) is 16.6 Å². The molecule has 1 aliphatic carbocycles. The van der Waals surface area contributed by atoms with E-state index < -0.39 is 0 Å². The number of thiophene rings is 1. The van der Waals surface area contributed by atoms with Crippen LogP contribution in [0.15, 0.2) is 18.2 Å². The topological polar surface area (TPSA) is 55.1 Å². The minimum atomic E-state index is -0.363. The van der Waals surface area contributed by atoms with Crippen LogP contribution in [0.4, 0.5) is 4.39 Å². The number of carbonyl (C=O) groups excluding carboxylic acids is 1. The highest BCUT2D eigenvalue weighted by Crippen LogP contribution is 2.40. The second-order valence-electron chi connectivity index (χ2n) is 6.02. The zero-order chi connectivity index (χ0) is 15.2. The summed E-state index contributed by atoms with van der Waals surface area (Å²) >= 11 is 1.34. The summed E-state index contributed by atoms with van der Waals surface area (Å²) in [6.07, 6.45) is 2.21. The highest BCUT2D eigenvalue weighted by Gasteiger charge is 2.42. The van der Waals surface area contributed by atoms with Crippen molar-refractivity contribution in [2.24, 2.45) is 11.7 Å². The lowest BCUT2D eigenvalue weighted by molar-refractivity contribution is 0.0901. The van der Waals surface area contributed by atoms with Gasteiger partial charge in [-0.25, -0.2) is 4.39 Å². The molecule has 0 aliphatic heterocycles. The molecule has 0 saturated heterocycles. The fourth-order valence-electron chi connectivity index (χ4n) is 2.83. The van der Waals surface area contributed by atoms with E-state index in [1.807, 2.05) is 13.0 Å². The Labute approximate surface area is 127 Å². The summed E-state index contributed by atoms with van der Waals surface area (Å²) in [5.74, 6) is 0.0369. The molecule has 1 unspecified atom stereocenters. The van der Waals surface area contributed by atoms with E-state index in [1.54, 1.807) is 13.0 Å². The van der Waals surface area contributed by atoms with Crippen LogP contribution in [0, 0.1) is 18.7 Å². The summed E-state index contributed by atoms with van der Waals surface area (Å²) in [5, 5.41) is 3.62. The average molecular weight is 306 g/mol. The summed E-state index contributed by atoms with van der Waals surface area (Å²) < 4.78 is 14.7. The first kappa shape index (κ1) is 14.5. The van der Waals surface area contributed by atoms with E-state index in [-0.39, 0.29) is 17.3 Å². The first-order chi connectivity index (χ1) is 9.96. The fourth-order valence-corrected chi connectivity index (χ4v) is 3.94. The van der Waals surface area contributed by atoms with Gasteiger partial charge in [-0.05, 0) is 50.3 Å². The van der Waals surface area contributed by atoms with Gasteiger partial charge >= 0.3 is 0 Å². The largest absolute Gasteiger partial charge is 0.345 e. The van der Waals surface area contributed by atoms with Crippen LogP contribution in [0.5, 0.6) is 0 Å². The second kappa shape index (κ2) is 5.07. The predicted molar refractivity (Wildman–Crippen MR) is 84.2 cm³/mol. The van der Waals surface area contributed by atoms with Crippen molar-refractivity contribution < 1.29 is 9.18 Å². The molecule has 1 amide bonds. The van der Waals surface area contributed by atoms with Gasteiger partial charge in [0.2, 0.25) is 0 Å². The van der Waals surface area contributed by atoms with E-state index in [1.165, 1.54) is 17.4 Å². The number of benzene rings is 1. The molecule has 0 radical (unpaired) electrons. The summed E-state index contributed by atoms with van der Waals surface area (Å²) in [5.41, 5.74) is 6.19. The number of nitrogens with two attached hydrogens (primary N) is 1. The summed E-state index contributed by atoms with van der Waals surface area (Å²) in [7, 11) is 0. The Hall–Kier alpha value is -1.46. The number of hydrogen-bond donors (Lipinski definition) is 2. The summed E-state index contributed by atoms with van der Waals surface area (Å²) in [6.45, 7) is 4.21. The molecule has 2 aromatic rings. The summed E-state index contributed by atoms with van der Waals surface area (Å²) in [4.78, 5) is 13.2. The molecule has 112 valence electrons. The number of halogens is 1. The minimum Gasteiger partial charge on any atom is -0.345 e. The predicted octanol–water partition coefficient (Wildman–Crippen LogP) is 3.21. The van der Waals surface area contributed by atoms with Crippen molar-refractivity contribution in [3.63, 3.8) is 0 Å². The van der Waals surface area contributed by atoms with Gasteiger partial charge in [0.15, 0.2) is 0 Å². The third kappa shape index (κ3) is 2.45. The molecule has 3 rings (SSSR count). The van der Waals surface area contributed by atoms with Gasteiger partial charge in [-0.3, -0.25) is 4.79 Å². The molecule has 3 N–H and O–H groups in total. The molecule has 0 bridgehead atoms. The van der Waals surface area contributed by atoms with Gasteiger partial charge in [-0.15, -0.1) is 11.3 Å². The van der Waals surface area contributed by atoms with Crippen LogP contribution in [-0.4, -0.2) is 18.0 Å². The molecule has 1 atom stereocenters. The number of carbonyl (C=O) groups is 1. The van der Waals surface area contributed by atoms with Crippen molar-refractivity contribution in [2.45, 2.75) is 32.2 Å². The molecule has 1 aromatic carbocycles. The van der Waals surface area contributed by atoms with Crippen molar-refractivity contribution >= 4 is 27.3 Å². The van der Waals surface area contributed by atoms with Crippen molar-refractivity contribution in [3.05, 3.63) is 34.5 Å². The maximum Gasteiger partial charge on any atom is 0.262 e. The van der Waals surface area contributed by atoms with E-state index in [2.05, 4.69) is 5.32 Å². The van der Waals surface area contributed by atoms with Crippen molar-refractivity contribution in [1.29, 1.82) is 0 Å². The standard InChI is InChI=1S/C16H19FN2OS/c1-9-13-11(17)4-3-5-12(13)21-14(9)15(20)19-16(2,8-18)10-6-7-10/h3-5,10H,6-8,18H2,1-2H3,(H,19,20). The van der Waals surface area contributed by atoms with Crippen LogP contribution in [-0.2, 0) is 0 Å². The van der Waals surface area contributed by atoms with Gasteiger partial charge in [-0.2, -0.15) is 0 Å². The minimum absolute atomic E-state index is 0.145. The van der Waals surface area contributed by atoms with Gasteiger partial charge in [0.05, 0.1) is 10.4 Å². The maximum absolute atomic E-state index is 13.9. The Bertz CT molecular complexity index is 708. The maximum atomic E-state index is 13.9. The fraction of sp³-hybridized carbons (Fsp3) is 0.438. The van der Waals surface area contributed by atoms with Crippen LogP contribution in [0.1, 0.15) is 35.0 Å². The Morgan fingerprint density at radius 2 is 2.24 bits per heavy atom. The average Bonchev–Trinajstić information content (AvgIpc) is 3.24. The van der Waals surface area contributed by atoms with Crippen LogP contribution >= 0.6 is 11.3 Å². The molecule has 0 spiro atoms. The van der Waals surface area contributed by atoms with Crippen molar-refractivity contribution in [3.8, 4) is 0 Å². The quantitative estimate of drug-likeness (QED) is 0.911. The molecular formula is C16H19FN2OS. The first-order valence-electron chi connectivity index (χ1n) is 7.16. The molecule has 1 heterocycles. The van der Waals surface area contributed by atoms with Crippen LogP contribution < -0.4 is 11.1 Å². The Balaban J connectivity index is 1.95. The summed E-state index contributed by atoms with van der Waals surface area (Å²) in [6, 6.07) is 4.94. The lowest BCUT2D eigenvalue weighted by Gasteiger charge is -2.29. The van der Waals surface area contributed by atoms with Gasteiger partial charge in [0.25, 0.3) is 5.91 Å². The lowest BCUT2D eigenvalue weighted by Crippen LogP contribution is -2.53. The molecule has 5 heteroatoms. The number of aryl methyl sites for hydroxylation is 1. The molecule has 21 heavy (non-hydrogen) atoms. The second-order valence-corrected chi connectivity index (χ2v) is 7.07. The highest BCUT2D eigenvalue weighted by atomic mass is 32.1. The Kier molecular flexibility index (Phi) is 3.50. The van der Waals surface area contributed by atoms with Crippen molar-refractivity contribution in [2.75, 3.05) is 6.54 Å². The Morgan fingerprint density at radius 3 is 2.81 bits per heavy atom. The van der Waals surface area contributed by atoms with E-state index in [9.17, 15) is 9.18 Å². The normalized spacial score (nSPS) is 17.7. The third-order valence-electron chi connectivity index (χ3n) is 4.41. The number of amides is 1. The molecule has 3 nitrogen and oxygen atoms in total. The molecular weight excluding hydrogens is 287 g/mol. The monoisotopic (exact) mass is 306 g/mol. The number of hydrogen-bond acceptors (Lipinski definition) is 3. The Morgan fingerprint density at radius 1 is 1.52 bits per heavy atom. The molecule has 1 saturated carbocycles. The zero-order valence-electron chi connectivity index (χ0n) is 12.2. The van der Waals surface area contributed by atoms with E-state index >= 15 is 0 Å². The molecule has 1 fully saturated rings. The lowest BCUT2D eigenvalue weighted by atomic mass is 9.95. The van der Waals surface area contributed by atoms with Crippen LogP contribution in [0.2, 0.25) is 0 Å². The van der Waals surface area contributed by atoms with Crippen LogP contribution in [0.3, 0.4) is 0 Å². The third-order valence-corrected chi connectivity index (χ3v) is 5.67. The molecule has 1 aliphatic rings. The van der Waals surface area contributed by atoms with E-state index in [4.69, 9.17) is 5.73 Å². The SMILES string of the molecule is Cc1c(C(=O)NC(C)(CN)C2CC2)sc2cccc(F)c12.